The van der Waals surface area contributed by atoms with Crippen LogP contribution in [0.1, 0.15) is 27.0 Å². The highest BCUT2D eigenvalue weighted by molar-refractivity contribution is 7.98. The normalized spacial score (nSPS) is 10.5. The van der Waals surface area contributed by atoms with Gasteiger partial charge in [0.2, 0.25) is 0 Å². The summed E-state index contributed by atoms with van der Waals surface area (Å²) in [4.78, 5) is 33.7. The van der Waals surface area contributed by atoms with Crippen molar-refractivity contribution in [3.05, 3.63) is 59.1 Å². The van der Waals surface area contributed by atoms with Crippen molar-refractivity contribution in [3.63, 3.8) is 0 Å². The molecule has 2 aromatic heterocycles. The van der Waals surface area contributed by atoms with Gasteiger partial charge in [0.25, 0.3) is 5.91 Å². The van der Waals surface area contributed by atoms with E-state index in [1.807, 2.05) is 36.6 Å². The number of nitrogens with zero attached hydrogens (tertiary/aromatic N) is 2. The van der Waals surface area contributed by atoms with Crippen LogP contribution in [-0.4, -0.2) is 27.9 Å². The Kier molecular flexibility index (Phi) is 5.25. The lowest BCUT2D eigenvalue weighted by Gasteiger charge is -2.05. The second-order valence-corrected chi connectivity index (χ2v) is 6.93. The highest BCUT2D eigenvalue weighted by Crippen LogP contribution is 2.32. The standard InChI is InChI=1S/C18H15N3O2S2/c1-11(22)15-14(12-7-4-3-5-8-12)20-18(25-15)21-16(23)13-9-6-10-19-17(13)24-2/h3-10H,1-2H3,(H,20,21,23). The molecule has 0 aliphatic rings. The third-order valence-corrected chi connectivity index (χ3v) is 5.21. The molecule has 25 heavy (non-hydrogen) atoms. The summed E-state index contributed by atoms with van der Waals surface area (Å²) in [6.07, 6.45) is 3.51. The molecule has 0 bridgehead atoms. The lowest BCUT2D eigenvalue weighted by atomic mass is 10.1. The molecule has 3 aromatic rings. The number of carbonyl (C=O) groups excluding carboxylic acids is 2. The number of rotatable bonds is 5. The Labute approximate surface area is 153 Å². The van der Waals surface area contributed by atoms with Gasteiger partial charge in [-0.05, 0) is 18.4 Å². The first-order valence-electron chi connectivity index (χ1n) is 7.47. The van der Waals surface area contributed by atoms with Crippen molar-refractivity contribution in [2.75, 3.05) is 11.6 Å². The van der Waals surface area contributed by atoms with E-state index in [4.69, 9.17) is 0 Å². The molecule has 5 nitrogen and oxygen atoms in total. The molecule has 3 rings (SSSR count). The molecule has 0 saturated carbocycles. The molecule has 2 heterocycles. The first-order chi connectivity index (χ1) is 12.1. The summed E-state index contributed by atoms with van der Waals surface area (Å²) in [7, 11) is 0. The fraction of sp³-hybridized carbons (Fsp3) is 0.111. The van der Waals surface area contributed by atoms with E-state index in [9.17, 15) is 9.59 Å². The Morgan fingerprint density at radius 2 is 1.88 bits per heavy atom. The van der Waals surface area contributed by atoms with Crippen LogP contribution in [0.5, 0.6) is 0 Å². The predicted octanol–water partition coefficient (Wildman–Crippen LogP) is 4.38. The van der Waals surface area contributed by atoms with Crippen molar-refractivity contribution in [1.29, 1.82) is 0 Å². The molecular weight excluding hydrogens is 354 g/mol. The summed E-state index contributed by atoms with van der Waals surface area (Å²) in [5.41, 5.74) is 1.91. The average Bonchev–Trinajstić information content (AvgIpc) is 3.06. The largest absolute Gasteiger partial charge is 0.298 e. The van der Waals surface area contributed by atoms with Crippen LogP contribution >= 0.6 is 23.1 Å². The zero-order valence-corrected chi connectivity index (χ0v) is 15.3. The van der Waals surface area contributed by atoms with Crippen molar-refractivity contribution in [2.24, 2.45) is 0 Å². The molecule has 7 heteroatoms. The topological polar surface area (TPSA) is 72.0 Å². The summed E-state index contributed by atoms with van der Waals surface area (Å²) in [5.74, 6) is -0.371. The number of thioether (sulfide) groups is 1. The fourth-order valence-corrected chi connectivity index (χ4v) is 3.72. The predicted molar refractivity (Wildman–Crippen MR) is 102 cm³/mol. The molecule has 126 valence electrons. The van der Waals surface area contributed by atoms with Crippen molar-refractivity contribution in [1.82, 2.24) is 9.97 Å². The molecule has 1 amide bonds. The second kappa shape index (κ2) is 7.58. The SMILES string of the molecule is CSc1ncccc1C(=O)Nc1nc(-c2ccccc2)c(C(C)=O)s1. The van der Waals surface area contributed by atoms with Gasteiger partial charge in [0.15, 0.2) is 10.9 Å². The van der Waals surface area contributed by atoms with E-state index >= 15 is 0 Å². The number of ketones is 1. The molecule has 0 radical (unpaired) electrons. The number of pyridine rings is 1. The van der Waals surface area contributed by atoms with Crippen molar-refractivity contribution < 1.29 is 9.59 Å². The highest BCUT2D eigenvalue weighted by atomic mass is 32.2. The van der Waals surface area contributed by atoms with Gasteiger partial charge in [-0.15, -0.1) is 11.8 Å². The Bertz CT molecular complexity index is 923. The number of hydrogen-bond acceptors (Lipinski definition) is 6. The third kappa shape index (κ3) is 3.78. The average molecular weight is 369 g/mol. The summed E-state index contributed by atoms with van der Waals surface area (Å²) in [6.45, 7) is 1.50. The van der Waals surface area contributed by atoms with Gasteiger partial charge in [0.05, 0.1) is 16.1 Å². The Hall–Kier alpha value is -2.51. The van der Waals surface area contributed by atoms with Crippen LogP contribution in [0, 0.1) is 0 Å². The number of carbonyl (C=O) groups is 2. The minimum Gasteiger partial charge on any atom is -0.298 e. The molecule has 0 aliphatic heterocycles. The number of thiazole rings is 1. The zero-order chi connectivity index (χ0) is 17.8. The smallest absolute Gasteiger partial charge is 0.260 e. The summed E-state index contributed by atoms with van der Waals surface area (Å²) < 4.78 is 0. The van der Waals surface area contributed by atoms with E-state index in [1.54, 1.807) is 18.3 Å². The molecule has 1 aromatic carbocycles. The molecule has 0 fully saturated rings. The monoisotopic (exact) mass is 369 g/mol. The first-order valence-corrected chi connectivity index (χ1v) is 9.52. The molecule has 0 aliphatic carbocycles. The van der Waals surface area contributed by atoms with E-state index in [2.05, 4.69) is 15.3 Å². The number of nitrogens with one attached hydrogen (secondary N) is 1. The maximum absolute atomic E-state index is 12.5. The van der Waals surface area contributed by atoms with Gasteiger partial charge in [-0.1, -0.05) is 41.7 Å². The molecule has 0 atom stereocenters. The number of aromatic nitrogens is 2. The molecule has 0 unspecified atom stereocenters. The number of hydrogen-bond donors (Lipinski definition) is 1. The maximum atomic E-state index is 12.5. The summed E-state index contributed by atoms with van der Waals surface area (Å²) in [5, 5.41) is 3.82. The van der Waals surface area contributed by atoms with Gasteiger partial charge in [-0.2, -0.15) is 0 Å². The van der Waals surface area contributed by atoms with Crippen molar-refractivity contribution in [2.45, 2.75) is 11.9 Å². The molecule has 0 spiro atoms. The summed E-state index contributed by atoms with van der Waals surface area (Å²) in [6, 6.07) is 12.9. The van der Waals surface area contributed by atoms with E-state index in [-0.39, 0.29) is 11.7 Å². The lowest BCUT2D eigenvalue weighted by Crippen LogP contribution is -2.13. The van der Waals surface area contributed by atoms with Gasteiger partial charge < -0.3 is 0 Å². The zero-order valence-electron chi connectivity index (χ0n) is 13.6. The van der Waals surface area contributed by atoms with Gasteiger partial charge in [-0.3, -0.25) is 14.9 Å². The van der Waals surface area contributed by atoms with Gasteiger partial charge >= 0.3 is 0 Å². The highest BCUT2D eigenvalue weighted by Gasteiger charge is 2.19. The van der Waals surface area contributed by atoms with Crippen LogP contribution in [0.3, 0.4) is 0 Å². The van der Waals surface area contributed by atoms with Crippen LogP contribution in [0.4, 0.5) is 5.13 Å². The summed E-state index contributed by atoms with van der Waals surface area (Å²) >= 11 is 2.58. The number of anilines is 1. The Morgan fingerprint density at radius 3 is 2.56 bits per heavy atom. The Morgan fingerprint density at radius 1 is 1.12 bits per heavy atom. The minimum absolute atomic E-state index is 0.0805. The van der Waals surface area contributed by atoms with E-state index in [1.165, 1.54) is 30.0 Å². The van der Waals surface area contributed by atoms with Crippen LogP contribution in [0.2, 0.25) is 0 Å². The number of amides is 1. The van der Waals surface area contributed by atoms with E-state index in [0.29, 0.717) is 26.3 Å². The fourth-order valence-electron chi connectivity index (χ4n) is 2.29. The van der Waals surface area contributed by atoms with Gasteiger partial charge in [-0.25, -0.2) is 9.97 Å². The van der Waals surface area contributed by atoms with Gasteiger partial charge in [0, 0.05) is 18.7 Å². The lowest BCUT2D eigenvalue weighted by molar-refractivity contribution is 0.101. The van der Waals surface area contributed by atoms with Crippen LogP contribution in [-0.2, 0) is 0 Å². The molecule has 1 N–H and O–H groups in total. The van der Waals surface area contributed by atoms with E-state index < -0.39 is 0 Å². The van der Waals surface area contributed by atoms with E-state index in [0.717, 1.165) is 5.56 Å². The van der Waals surface area contributed by atoms with Crippen molar-refractivity contribution in [3.8, 4) is 11.3 Å². The Balaban J connectivity index is 1.93. The number of Topliss-reactive ketones (excluding diaryl/α,β-unsaturated/α-hetero) is 1. The quantitative estimate of drug-likeness (QED) is 0.534. The number of benzene rings is 1. The molecular formula is C18H15N3O2S2. The van der Waals surface area contributed by atoms with Gasteiger partial charge in [0.1, 0.15) is 5.03 Å². The second-order valence-electron chi connectivity index (χ2n) is 5.13. The van der Waals surface area contributed by atoms with Crippen LogP contribution < -0.4 is 5.32 Å². The van der Waals surface area contributed by atoms with Crippen LogP contribution in [0.15, 0.2) is 53.7 Å². The molecule has 0 saturated heterocycles. The first kappa shape index (κ1) is 17.3. The van der Waals surface area contributed by atoms with Crippen molar-refractivity contribution >= 4 is 39.9 Å². The van der Waals surface area contributed by atoms with Crippen LogP contribution in [0.25, 0.3) is 11.3 Å². The third-order valence-electron chi connectivity index (χ3n) is 3.42. The minimum atomic E-state index is -0.291. The maximum Gasteiger partial charge on any atom is 0.260 e.